The van der Waals surface area contributed by atoms with Crippen LogP contribution in [0.1, 0.15) is 9.67 Å². The van der Waals surface area contributed by atoms with Crippen LogP contribution in [0.2, 0.25) is 0 Å². The molecule has 1 aromatic rings. The van der Waals surface area contributed by atoms with Crippen molar-refractivity contribution in [2.24, 2.45) is 0 Å². The highest BCUT2D eigenvalue weighted by Crippen LogP contribution is 2.22. The molecule has 0 saturated heterocycles. The number of ether oxygens (including phenoxy) is 1. The first kappa shape index (κ1) is 12.7. The van der Waals surface area contributed by atoms with Gasteiger partial charge in [-0.25, -0.2) is 4.79 Å². The average molecular weight is 256 g/mol. The maximum absolute atomic E-state index is 11.2. The Bertz CT molecular complexity index is 401. The molecule has 2 N–H and O–H groups in total. The minimum Gasteiger partial charge on any atom is -0.465 e. The highest BCUT2D eigenvalue weighted by Gasteiger charge is 2.09. The molecule has 0 aliphatic carbocycles. The van der Waals surface area contributed by atoms with Gasteiger partial charge in [0, 0.05) is 6.54 Å². The van der Waals surface area contributed by atoms with Crippen LogP contribution in [0.3, 0.4) is 0 Å². The zero-order valence-electron chi connectivity index (χ0n) is 8.78. The summed E-state index contributed by atoms with van der Waals surface area (Å²) in [5.74, 6) is -0.344. The number of rotatable bonds is 4. The van der Waals surface area contributed by atoms with Crippen molar-refractivity contribution in [1.29, 1.82) is 0 Å². The van der Waals surface area contributed by atoms with Crippen LogP contribution in [-0.2, 0) is 4.74 Å². The van der Waals surface area contributed by atoms with Gasteiger partial charge in [-0.3, -0.25) is 0 Å². The molecule has 6 heteroatoms. The van der Waals surface area contributed by atoms with Crippen molar-refractivity contribution >= 4 is 39.6 Å². The third-order valence-corrected chi connectivity index (χ3v) is 2.86. The molecule has 0 aromatic carbocycles. The van der Waals surface area contributed by atoms with E-state index in [0.717, 1.165) is 5.00 Å². The van der Waals surface area contributed by atoms with Crippen LogP contribution in [0, 0.1) is 0 Å². The molecule has 0 bridgehead atoms. The van der Waals surface area contributed by atoms with Crippen LogP contribution in [0.15, 0.2) is 24.8 Å². The first-order chi connectivity index (χ1) is 7.67. The van der Waals surface area contributed by atoms with Crippen molar-refractivity contribution < 1.29 is 9.53 Å². The van der Waals surface area contributed by atoms with E-state index in [1.54, 1.807) is 18.2 Å². The lowest BCUT2D eigenvalue weighted by molar-refractivity contribution is 0.0606. The van der Waals surface area contributed by atoms with E-state index in [1.165, 1.54) is 18.4 Å². The summed E-state index contributed by atoms with van der Waals surface area (Å²) >= 11 is 6.31. The van der Waals surface area contributed by atoms with Crippen molar-refractivity contribution in [3.05, 3.63) is 29.7 Å². The summed E-state index contributed by atoms with van der Waals surface area (Å²) in [6.45, 7) is 4.17. The van der Waals surface area contributed by atoms with E-state index < -0.39 is 0 Å². The van der Waals surface area contributed by atoms with Crippen LogP contribution in [0.4, 0.5) is 5.00 Å². The SMILES string of the molecule is C=CCNC(=S)Nc1ccc(C(=O)OC)s1. The fourth-order valence-corrected chi connectivity index (χ4v) is 2.02. The number of thiocarbonyl (C=S) groups is 1. The summed E-state index contributed by atoms with van der Waals surface area (Å²) in [7, 11) is 1.35. The van der Waals surface area contributed by atoms with Crippen molar-refractivity contribution in [1.82, 2.24) is 5.32 Å². The fraction of sp³-hybridized carbons (Fsp3) is 0.200. The van der Waals surface area contributed by atoms with E-state index in [-0.39, 0.29) is 5.97 Å². The number of hydrogen-bond acceptors (Lipinski definition) is 4. The zero-order chi connectivity index (χ0) is 12.0. The topological polar surface area (TPSA) is 50.4 Å². The number of carbonyl (C=O) groups is 1. The number of esters is 1. The largest absolute Gasteiger partial charge is 0.465 e. The van der Waals surface area contributed by atoms with Crippen LogP contribution in [0.25, 0.3) is 0 Å². The van der Waals surface area contributed by atoms with Gasteiger partial charge in [0.15, 0.2) is 5.11 Å². The Balaban J connectivity index is 2.55. The Morgan fingerprint density at radius 3 is 3.06 bits per heavy atom. The average Bonchev–Trinajstić information content (AvgIpc) is 2.73. The Morgan fingerprint density at radius 1 is 1.69 bits per heavy atom. The van der Waals surface area contributed by atoms with Gasteiger partial charge in [-0.05, 0) is 24.4 Å². The number of methoxy groups -OCH3 is 1. The smallest absolute Gasteiger partial charge is 0.348 e. The zero-order valence-corrected chi connectivity index (χ0v) is 10.4. The highest BCUT2D eigenvalue weighted by atomic mass is 32.1. The number of anilines is 1. The molecule has 0 spiro atoms. The monoisotopic (exact) mass is 256 g/mol. The highest BCUT2D eigenvalue weighted by molar-refractivity contribution is 7.80. The second-order valence-electron chi connectivity index (χ2n) is 2.78. The van der Waals surface area contributed by atoms with Gasteiger partial charge in [-0.15, -0.1) is 17.9 Å². The molecule has 0 radical (unpaired) electrons. The first-order valence-corrected chi connectivity index (χ1v) is 5.73. The second kappa shape index (κ2) is 6.24. The fourth-order valence-electron chi connectivity index (χ4n) is 0.936. The molecule has 0 amide bonds. The summed E-state index contributed by atoms with van der Waals surface area (Å²) in [5.41, 5.74) is 0. The van der Waals surface area contributed by atoms with E-state index in [9.17, 15) is 4.79 Å². The lowest BCUT2D eigenvalue weighted by Crippen LogP contribution is -2.27. The quantitative estimate of drug-likeness (QED) is 0.490. The van der Waals surface area contributed by atoms with Gasteiger partial charge in [-0.1, -0.05) is 6.08 Å². The first-order valence-electron chi connectivity index (χ1n) is 4.51. The predicted octanol–water partition coefficient (Wildman–Crippen LogP) is 2.01. The molecule has 86 valence electrons. The molecule has 0 atom stereocenters. The van der Waals surface area contributed by atoms with Crippen molar-refractivity contribution in [3.63, 3.8) is 0 Å². The Labute approximate surface area is 103 Å². The standard InChI is InChI=1S/C10H12N2O2S2/c1-3-6-11-10(15)12-8-5-4-7(16-8)9(13)14-2/h3-5H,1,6H2,2H3,(H2,11,12,15). The molecule has 0 fully saturated rings. The lowest BCUT2D eigenvalue weighted by atomic mass is 10.5. The third kappa shape index (κ3) is 3.63. The normalized spacial score (nSPS) is 9.31. The van der Waals surface area contributed by atoms with Gasteiger partial charge in [0.05, 0.1) is 12.1 Å². The van der Waals surface area contributed by atoms with E-state index in [1.807, 2.05) is 0 Å². The molecule has 4 nitrogen and oxygen atoms in total. The molecule has 0 saturated carbocycles. The molecule has 1 heterocycles. The maximum Gasteiger partial charge on any atom is 0.348 e. The van der Waals surface area contributed by atoms with Gasteiger partial charge >= 0.3 is 5.97 Å². The lowest BCUT2D eigenvalue weighted by Gasteiger charge is -2.05. The molecule has 1 aromatic heterocycles. The minimum atomic E-state index is -0.344. The van der Waals surface area contributed by atoms with Gasteiger partial charge in [0.2, 0.25) is 0 Å². The minimum absolute atomic E-state index is 0.344. The van der Waals surface area contributed by atoms with Gasteiger partial charge in [0.25, 0.3) is 0 Å². The van der Waals surface area contributed by atoms with Gasteiger partial charge < -0.3 is 15.4 Å². The maximum atomic E-state index is 11.2. The van der Waals surface area contributed by atoms with Crippen LogP contribution < -0.4 is 10.6 Å². The predicted molar refractivity (Wildman–Crippen MR) is 70.1 cm³/mol. The van der Waals surface area contributed by atoms with E-state index >= 15 is 0 Å². The van der Waals surface area contributed by atoms with Crippen molar-refractivity contribution in [3.8, 4) is 0 Å². The molecular formula is C10H12N2O2S2. The summed E-state index contributed by atoms with van der Waals surface area (Å²) in [4.78, 5) is 11.7. The van der Waals surface area contributed by atoms with E-state index in [0.29, 0.717) is 16.5 Å². The summed E-state index contributed by atoms with van der Waals surface area (Å²) in [5, 5.41) is 7.18. The summed E-state index contributed by atoms with van der Waals surface area (Å²) in [6, 6.07) is 3.47. The second-order valence-corrected chi connectivity index (χ2v) is 4.27. The van der Waals surface area contributed by atoms with Crippen LogP contribution in [0.5, 0.6) is 0 Å². The van der Waals surface area contributed by atoms with Crippen LogP contribution in [-0.4, -0.2) is 24.7 Å². The molecular weight excluding hydrogens is 244 g/mol. The Kier molecular flexibility index (Phi) is 4.94. The van der Waals surface area contributed by atoms with Gasteiger partial charge in [-0.2, -0.15) is 0 Å². The van der Waals surface area contributed by atoms with Crippen molar-refractivity contribution in [2.45, 2.75) is 0 Å². The van der Waals surface area contributed by atoms with Crippen LogP contribution >= 0.6 is 23.6 Å². The number of carbonyl (C=O) groups excluding carboxylic acids is 1. The Hall–Kier alpha value is -1.40. The summed E-state index contributed by atoms with van der Waals surface area (Å²) < 4.78 is 4.60. The van der Waals surface area contributed by atoms with Crippen molar-refractivity contribution in [2.75, 3.05) is 19.0 Å². The molecule has 1 rings (SSSR count). The number of thiophene rings is 1. The van der Waals surface area contributed by atoms with E-state index in [4.69, 9.17) is 12.2 Å². The third-order valence-electron chi connectivity index (χ3n) is 1.64. The number of hydrogen-bond donors (Lipinski definition) is 2. The number of nitrogens with one attached hydrogen (secondary N) is 2. The Morgan fingerprint density at radius 2 is 2.44 bits per heavy atom. The summed E-state index contributed by atoms with van der Waals surface area (Å²) in [6.07, 6.45) is 1.71. The molecule has 0 unspecified atom stereocenters. The van der Waals surface area contributed by atoms with Gasteiger partial charge in [0.1, 0.15) is 4.88 Å². The molecule has 0 aliphatic rings. The molecule has 16 heavy (non-hydrogen) atoms. The molecule has 0 aliphatic heterocycles. The van der Waals surface area contributed by atoms with E-state index in [2.05, 4.69) is 21.9 Å².